The van der Waals surface area contributed by atoms with E-state index in [-0.39, 0.29) is 5.69 Å². The van der Waals surface area contributed by atoms with E-state index < -0.39 is 4.92 Å². The summed E-state index contributed by atoms with van der Waals surface area (Å²) in [5, 5.41) is 13.8. The van der Waals surface area contributed by atoms with Gasteiger partial charge in [0.1, 0.15) is 18.2 Å². The van der Waals surface area contributed by atoms with Crippen LogP contribution in [0.4, 0.5) is 5.69 Å². The molecule has 1 atom stereocenters. The van der Waals surface area contributed by atoms with E-state index in [4.69, 9.17) is 0 Å². The monoisotopic (exact) mass is 238 g/mol. The molecule has 0 saturated heterocycles. The van der Waals surface area contributed by atoms with E-state index in [9.17, 15) is 10.1 Å². The maximum Gasteiger partial charge on any atom is 0.305 e. The average molecular weight is 238 g/mol. The number of nitrogens with one attached hydrogen (secondary N) is 1. The van der Waals surface area contributed by atoms with Crippen LogP contribution >= 0.6 is 0 Å². The third kappa shape index (κ3) is 4.44. The second kappa shape index (κ2) is 6.90. The third-order valence-electron chi connectivity index (χ3n) is 2.46. The molecule has 1 N–H and O–H groups in total. The molecular weight excluding hydrogens is 220 g/mol. The van der Waals surface area contributed by atoms with Crippen LogP contribution in [-0.4, -0.2) is 27.5 Å². The summed E-state index contributed by atoms with van der Waals surface area (Å²) in [6.07, 6.45) is 5.37. The van der Waals surface area contributed by atoms with Crippen molar-refractivity contribution in [3.8, 4) is 0 Å². The van der Waals surface area contributed by atoms with Gasteiger partial charge in [-0.25, -0.2) is 9.97 Å². The van der Waals surface area contributed by atoms with Crippen molar-refractivity contribution < 1.29 is 4.92 Å². The van der Waals surface area contributed by atoms with E-state index in [1.165, 1.54) is 12.4 Å². The molecule has 0 aliphatic rings. The first kappa shape index (κ1) is 13.5. The molecule has 1 heterocycles. The van der Waals surface area contributed by atoms with Crippen LogP contribution in [0, 0.1) is 10.1 Å². The van der Waals surface area contributed by atoms with Gasteiger partial charge in [-0.1, -0.05) is 20.3 Å². The standard InChI is InChI=1S/C11H18N4O2/c1-3-5-9(12-4-2)6-11-13-7-10(8-14-11)15(16)17/h7-9,12H,3-6H2,1-2H3. The number of nitrogens with zero attached hydrogens (tertiary/aromatic N) is 3. The minimum absolute atomic E-state index is 0.0655. The van der Waals surface area contributed by atoms with Gasteiger partial charge in [-0.05, 0) is 13.0 Å². The highest BCUT2D eigenvalue weighted by Gasteiger charge is 2.11. The summed E-state index contributed by atoms with van der Waals surface area (Å²) in [4.78, 5) is 18.0. The van der Waals surface area contributed by atoms with Crippen molar-refractivity contribution in [3.63, 3.8) is 0 Å². The van der Waals surface area contributed by atoms with Crippen LogP contribution in [0.1, 0.15) is 32.5 Å². The zero-order chi connectivity index (χ0) is 12.7. The fourth-order valence-electron chi connectivity index (χ4n) is 1.68. The second-order valence-electron chi connectivity index (χ2n) is 3.86. The molecule has 1 rings (SSSR count). The highest BCUT2D eigenvalue weighted by atomic mass is 16.6. The topological polar surface area (TPSA) is 81.0 Å². The third-order valence-corrected chi connectivity index (χ3v) is 2.46. The van der Waals surface area contributed by atoms with Crippen LogP contribution in [0.25, 0.3) is 0 Å². The smallest absolute Gasteiger partial charge is 0.305 e. The van der Waals surface area contributed by atoms with E-state index in [2.05, 4.69) is 29.1 Å². The molecule has 0 saturated carbocycles. The van der Waals surface area contributed by atoms with E-state index in [0.29, 0.717) is 18.3 Å². The highest BCUT2D eigenvalue weighted by Crippen LogP contribution is 2.08. The molecule has 1 unspecified atom stereocenters. The Bertz CT molecular complexity index is 347. The van der Waals surface area contributed by atoms with Crippen molar-refractivity contribution in [2.45, 2.75) is 39.2 Å². The van der Waals surface area contributed by atoms with Crippen LogP contribution in [-0.2, 0) is 6.42 Å². The van der Waals surface area contributed by atoms with Gasteiger partial charge in [0.05, 0.1) is 4.92 Å². The molecule has 6 heteroatoms. The van der Waals surface area contributed by atoms with E-state index in [1.54, 1.807) is 0 Å². The van der Waals surface area contributed by atoms with Crippen molar-refractivity contribution in [2.75, 3.05) is 6.54 Å². The minimum Gasteiger partial charge on any atom is -0.314 e. The van der Waals surface area contributed by atoms with E-state index in [1.807, 2.05) is 0 Å². The normalized spacial score (nSPS) is 12.4. The maximum absolute atomic E-state index is 10.5. The summed E-state index contributed by atoms with van der Waals surface area (Å²) in [5.41, 5.74) is -0.0655. The summed E-state index contributed by atoms with van der Waals surface area (Å²) in [6, 6.07) is 0.339. The largest absolute Gasteiger partial charge is 0.314 e. The number of aromatic nitrogens is 2. The molecule has 0 aromatic carbocycles. The molecule has 0 spiro atoms. The molecule has 94 valence electrons. The van der Waals surface area contributed by atoms with Crippen LogP contribution in [0.15, 0.2) is 12.4 Å². The van der Waals surface area contributed by atoms with Gasteiger partial charge in [-0.3, -0.25) is 10.1 Å². The van der Waals surface area contributed by atoms with Crippen molar-refractivity contribution in [1.82, 2.24) is 15.3 Å². The van der Waals surface area contributed by atoms with Gasteiger partial charge in [-0.2, -0.15) is 0 Å². The number of likely N-dealkylation sites (N-methyl/N-ethyl adjacent to an activating group) is 1. The first-order chi connectivity index (χ1) is 8.17. The Labute approximate surface area is 101 Å². The number of nitro groups is 1. The zero-order valence-electron chi connectivity index (χ0n) is 10.2. The Hall–Kier alpha value is -1.56. The molecule has 0 aliphatic carbocycles. The van der Waals surface area contributed by atoms with Crippen molar-refractivity contribution >= 4 is 5.69 Å². The minimum atomic E-state index is -0.488. The molecule has 0 fully saturated rings. The predicted octanol–water partition coefficient (Wildman–Crippen LogP) is 1.71. The average Bonchev–Trinajstić information content (AvgIpc) is 2.30. The van der Waals surface area contributed by atoms with Crippen LogP contribution in [0.5, 0.6) is 0 Å². The lowest BCUT2D eigenvalue weighted by Gasteiger charge is -2.15. The highest BCUT2D eigenvalue weighted by molar-refractivity contribution is 5.20. The van der Waals surface area contributed by atoms with Gasteiger partial charge in [-0.15, -0.1) is 0 Å². The molecule has 0 amide bonds. The van der Waals surface area contributed by atoms with Crippen molar-refractivity contribution in [3.05, 3.63) is 28.3 Å². The Balaban J connectivity index is 2.62. The molecule has 0 radical (unpaired) electrons. The van der Waals surface area contributed by atoms with Crippen molar-refractivity contribution in [1.29, 1.82) is 0 Å². The van der Waals surface area contributed by atoms with Gasteiger partial charge in [0, 0.05) is 12.5 Å². The molecule has 17 heavy (non-hydrogen) atoms. The fourth-order valence-corrected chi connectivity index (χ4v) is 1.68. The quantitative estimate of drug-likeness (QED) is 0.577. The van der Waals surface area contributed by atoms with Gasteiger partial charge < -0.3 is 5.32 Å². The summed E-state index contributed by atoms with van der Waals surface area (Å²) < 4.78 is 0. The Morgan fingerprint density at radius 3 is 2.53 bits per heavy atom. The summed E-state index contributed by atoms with van der Waals surface area (Å²) in [7, 11) is 0. The molecule has 1 aromatic heterocycles. The van der Waals surface area contributed by atoms with Gasteiger partial charge in [0.25, 0.3) is 0 Å². The first-order valence-electron chi connectivity index (χ1n) is 5.86. The molecule has 0 bridgehead atoms. The predicted molar refractivity (Wildman–Crippen MR) is 64.8 cm³/mol. The second-order valence-corrected chi connectivity index (χ2v) is 3.86. The van der Waals surface area contributed by atoms with Gasteiger partial charge in [0.15, 0.2) is 0 Å². The number of hydrogen-bond acceptors (Lipinski definition) is 5. The first-order valence-corrected chi connectivity index (χ1v) is 5.86. The summed E-state index contributed by atoms with van der Waals surface area (Å²) in [5.74, 6) is 0.648. The Morgan fingerprint density at radius 1 is 1.41 bits per heavy atom. The lowest BCUT2D eigenvalue weighted by molar-refractivity contribution is -0.385. The Morgan fingerprint density at radius 2 is 2.06 bits per heavy atom. The lowest BCUT2D eigenvalue weighted by Crippen LogP contribution is -2.31. The van der Waals surface area contributed by atoms with Crippen LogP contribution in [0.2, 0.25) is 0 Å². The fraction of sp³-hybridized carbons (Fsp3) is 0.636. The molecular formula is C11H18N4O2. The SMILES string of the molecule is CCCC(Cc1ncc([N+](=O)[O-])cn1)NCC. The van der Waals surface area contributed by atoms with Crippen LogP contribution < -0.4 is 5.32 Å². The van der Waals surface area contributed by atoms with Gasteiger partial charge >= 0.3 is 5.69 Å². The zero-order valence-corrected chi connectivity index (χ0v) is 10.2. The lowest BCUT2D eigenvalue weighted by atomic mass is 10.1. The van der Waals surface area contributed by atoms with E-state index in [0.717, 1.165) is 19.4 Å². The summed E-state index contributed by atoms with van der Waals surface area (Å²) >= 11 is 0. The van der Waals surface area contributed by atoms with Crippen molar-refractivity contribution in [2.24, 2.45) is 0 Å². The number of hydrogen-bond donors (Lipinski definition) is 1. The molecule has 1 aromatic rings. The summed E-state index contributed by atoms with van der Waals surface area (Å²) in [6.45, 7) is 5.08. The Kier molecular flexibility index (Phi) is 5.48. The molecule has 6 nitrogen and oxygen atoms in total. The van der Waals surface area contributed by atoms with E-state index >= 15 is 0 Å². The molecule has 0 aliphatic heterocycles. The maximum atomic E-state index is 10.5. The van der Waals surface area contributed by atoms with Gasteiger partial charge in [0.2, 0.25) is 0 Å². The number of rotatable bonds is 7. The van der Waals surface area contributed by atoms with Crippen LogP contribution in [0.3, 0.4) is 0 Å².